The molecule has 2 aromatic heterocycles. The monoisotopic (exact) mass is 410 g/mol. The molecule has 1 fully saturated rings. The van der Waals surface area contributed by atoms with Crippen LogP contribution in [-0.4, -0.2) is 64.9 Å². The minimum absolute atomic E-state index is 0.190. The Bertz CT molecular complexity index is 826. The fourth-order valence-corrected chi connectivity index (χ4v) is 2.58. The van der Waals surface area contributed by atoms with Crippen molar-refractivity contribution in [3.63, 3.8) is 0 Å². The first-order valence-corrected chi connectivity index (χ1v) is 8.17. The van der Waals surface area contributed by atoms with Gasteiger partial charge in [0.2, 0.25) is 0 Å². The molecule has 0 bridgehead atoms. The first-order chi connectivity index (χ1) is 12.0. The van der Waals surface area contributed by atoms with Crippen molar-refractivity contribution in [2.24, 2.45) is 0 Å². The van der Waals surface area contributed by atoms with Crippen molar-refractivity contribution in [1.29, 1.82) is 0 Å². The van der Waals surface area contributed by atoms with Crippen LogP contribution in [0.1, 0.15) is 0 Å². The van der Waals surface area contributed by atoms with Gasteiger partial charge < -0.3 is 25.4 Å². The molecule has 0 aromatic carbocycles. The van der Waals surface area contributed by atoms with Gasteiger partial charge in [0.1, 0.15) is 22.8 Å². The molecule has 1 saturated heterocycles. The summed E-state index contributed by atoms with van der Waals surface area (Å²) < 4.78 is 5.73. The average molecular weight is 411 g/mol. The smallest absolute Gasteiger partial charge is 0.407 e. The SMILES string of the molecule is CNC(=O)OC1CN(c2nc3ccc(Br)nc3nc2NC(=O)CO)C1. The molecular weight excluding hydrogens is 396 g/mol. The number of aromatic nitrogens is 3. The number of carbonyl (C=O) groups is 2. The first-order valence-electron chi connectivity index (χ1n) is 7.38. The highest BCUT2D eigenvalue weighted by Crippen LogP contribution is 2.29. The van der Waals surface area contributed by atoms with E-state index in [0.29, 0.717) is 34.7 Å². The Balaban J connectivity index is 1.87. The molecule has 0 aliphatic carbocycles. The van der Waals surface area contributed by atoms with Gasteiger partial charge in [0.05, 0.1) is 13.1 Å². The summed E-state index contributed by atoms with van der Waals surface area (Å²) in [5, 5.41) is 13.9. The van der Waals surface area contributed by atoms with Gasteiger partial charge in [-0.1, -0.05) is 0 Å². The number of ether oxygens (including phenoxy) is 1. The first kappa shape index (κ1) is 17.3. The van der Waals surface area contributed by atoms with Crippen LogP contribution in [0.5, 0.6) is 0 Å². The Morgan fingerprint density at radius 3 is 2.80 bits per heavy atom. The van der Waals surface area contributed by atoms with Crippen molar-refractivity contribution >= 4 is 50.7 Å². The Morgan fingerprint density at radius 1 is 1.36 bits per heavy atom. The molecule has 1 aliphatic rings. The van der Waals surface area contributed by atoms with Gasteiger partial charge in [-0.15, -0.1) is 0 Å². The van der Waals surface area contributed by atoms with E-state index in [4.69, 9.17) is 9.84 Å². The number of halogens is 1. The maximum absolute atomic E-state index is 11.6. The summed E-state index contributed by atoms with van der Waals surface area (Å²) >= 11 is 3.26. The third kappa shape index (κ3) is 3.77. The van der Waals surface area contributed by atoms with E-state index < -0.39 is 18.6 Å². The minimum Gasteiger partial charge on any atom is -0.442 e. The van der Waals surface area contributed by atoms with Gasteiger partial charge in [-0.2, -0.15) is 0 Å². The number of nitrogens with one attached hydrogen (secondary N) is 2. The second-order valence-electron chi connectivity index (χ2n) is 5.26. The number of hydrogen-bond acceptors (Lipinski definition) is 8. The quantitative estimate of drug-likeness (QED) is 0.612. The highest BCUT2D eigenvalue weighted by molar-refractivity contribution is 9.10. The number of aliphatic hydroxyl groups excluding tert-OH is 1. The lowest BCUT2D eigenvalue weighted by Gasteiger charge is -2.39. The molecule has 1 aliphatic heterocycles. The summed E-state index contributed by atoms with van der Waals surface area (Å²) in [4.78, 5) is 37.6. The Kier molecular flexibility index (Phi) is 4.95. The molecule has 10 nitrogen and oxygen atoms in total. The second-order valence-corrected chi connectivity index (χ2v) is 6.07. The van der Waals surface area contributed by atoms with Crippen LogP contribution in [0.3, 0.4) is 0 Å². The highest BCUT2D eigenvalue weighted by atomic mass is 79.9. The summed E-state index contributed by atoms with van der Waals surface area (Å²) in [6.45, 7) is 0.159. The molecule has 2 aromatic rings. The fraction of sp³-hybridized carbons (Fsp3) is 0.357. The number of aliphatic hydroxyl groups is 1. The average Bonchev–Trinajstić information content (AvgIpc) is 2.57. The summed E-state index contributed by atoms with van der Waals surface area (Å²) in [6, 6.07) is 3.49. The highest BCUT2D eigenvalue weighted by Gasteiger charge is 2.33. The number of hydrogen-bond donors (Lipinski definition) is 3. The van der Waals surface area contributed by atoms with E-state index in [9.17, 15) is 9.59 Å². The van der Waals surface area contributed by atoms with Crippen LogP contribution in [0, 0.1) is 0 Å². The molecule has 0 atom stereocenters. The number of pyridine rings is 1. The number of anilines is 2. The number of nitrogens with zero attached hydrogens (tertiary/aromatic N) is 4. The lowest BCUT2D eigenvalue weighted by Crippen LogP contribution is -2.54. The molecule has 0 radical (unpaired) electrons. The Labute approximate surface area is 150 Å². The van der Waals surface area contributed by atoms with Crippen LogP contribution in [0.2, 0.25) is 0 Å². The van der Waals surface area contributed by atoms with Gasteiger partial charge in [0.25, 0.3) is 5.91 Å². The third-order valence-electron chi connectivity index (χ3n) is 3.50. The molecule has 11 heteroatoms. The van der Waals surface area contributed by atoms with Crippen LogP contribution in [0.4, 0.5) is 16.4 Å². The molecule has 3 N–H and O–H groups in total. The van der Waals surface area contributed by atoms with E-state index in [1.54, 1.807) is 12.1 Å². The zero-order chi connectivity index (χ0) is 18.0. The maximum atomic E-state index is 11.6. The molecule has 0 saturated carbocycles. The van der Waals surface area contributed by atoms with E-state index >= 15 is 0 Å². The van der Waals surface area contributed by atoms with Crippen molar-refractivity contribution < 1.29 is 19.4 Å². The topological polar surface area (TPSA) is 130 Å². The molecule has 0 unspecified atom stereocenters. The Morgan fingerprint density at radius 2 is 2.12 bits per heavy atom. The van der Waals surface area contributed by atoms with Crippen molar-refractivity contribution in [3.8, 4) is 0 Å². The molecular formula is C14H15BrN6O4. The van der Waals surface area contributed by atoms with Crippen molar-refractivity contribution in [2.75, 3.05) is 37.0 Å². The van der Waals surface area contributed by atoms with Crippen molar-refractivity contribution in [2.45, 2.75) is 6.10 Å². The predicted octanol–water partition coefficient (Wildman–Crippen LogP) is 0.263. The van der Waals surface area contributed by atoms with E-state index in [0.717, 1.165) is 0 Å². The molecule has 2 amide bonds. The van der Waals surface area contributed by atoms with Gasteiger partial charge in [-0.05, 0) is 28.1 Å². The molecule has 25 heavy (non-hydrogen) atoms. The van der Waals surface area contributed by atoms with E-state index in [2.05, 4.69) is 41.5 Å². The predicted molar refractivity (Wildman–Crippen MR) is 92.3 cm³/mol. The number of alkyl carbamates (subject to hydrolysis) is 1. The zero-order valence-corrected chi connectivity index (χ0v) is 14.8. The lowest BCUT2D eigenvalue weighted by atomic mass is 10.1. The molecule has 3 heterocycles. The van der Waals surface area contributed by atoms with Crippen molar-refractivity contribution in [1.82, 2.24) is 20.3 Å². The van der Waals surface area contributed by atoms with Crippen LogP contribution in [0.15, 0.2) is 16.7 Å². The van der Waals surface area contributed by atoms with Gasteiger partial charge in [0.15, 0.2) is 17.3 Å². The third-order valence-corrected chi connectivity index (χ3v) is 3.94. The van der Waals surface area contributed by atoms with Gasteiger partial charge >= 0.3 is 6.09 Å². The van der Waals surface area contributed by atoms with Gasteiger partial charge in [0, 0.05) is 7.05 Å². The van der Waals surface area contributed by atoms with Crippen LogP contribution >= 0.6 is 15.9 Å². The van der Waals surface area contributed by atoms with E-state index in [1.165, 1.54) is 7.05 Å². The Hall–Kier alpha value is -2.53. The van der Waals surface area contributed by atoms with Crippen LogP contribution in [-0.2, 0) is 9.53 Å². The van der Waals surface area contributed by atoms with Gasteiger partial charge in [-0.25, -0.2) is 19.7 Å². The summed E-state index contributed by atoms with van der Waals surface area (Å²) in [5.41, 5.74) is 0.904. The zero-order valence-electron chi connectivity index (χ0n) is 13.2. The normalized spacial score (nSPS) is 14.1. The van der Waals surface area contributed by atoms with Crippen molar-refractivity contribution in [3.05, 3.63) is 16.7 Å². The lowest BCUT2D eigenvalue weighted by molar-refractivity contribution is -0.118. The molecule has 3 rings (SSSR count). The van der Waals surface area contributed by atoms with E-state index in [1.807, 2.05) is 4.90 Å². The van der Waals surface area contributed by atoms with Gasteiger partial charge in [-0.3, -0.25) is 4.79 Å². The standard InChI is InChI=1S/C14H15BrN6O4/c1-16-14(24)25-7-4-21(5-7)13-12(19-10(23)6-22)20-11-8(17-13)2-3-9(15)18-11/h2-3,7,22H,4-6H2,1H3,(H,16,24)(H,18,19,20,23). The summed E-state index contributed by atoms with van der Waals surface area (Å²) in [5.74, 6) is 0.00861. The van der Waals surface area contributed by atoms with E-state index in [-0.39, 0.29) is 11.9 Å². The number of fused-ring (bicyclic) bond motifs is 1. The minimum atomic E-state index is -0.673. The molecule has 0 spiro atoms. The summed E-state index contributed by atoms with van der Waals surface area (Å²) in [6.07, 6.45) is -0.779. The van der Waals surface area contributed by atoms with Crippen LogP contribution in [0.25, 0.3) is 11.2 Å². The second kappa shape index (κ2) is 7.15. The maximum Gasteiger partial charge on any atom is 0.407 e. The number of amides is 2. The largest absolute Gasteiger partial charge is 0.442 e. The number of carbonyl (C=O) groups excluding carboxylic acids is 2. The van der Waals surface area contributed by atoms with Crippen LogP contribution < -0.4 is 15.5 Å². The fourth-order valence-electron chi connectivity index (χ4n) is 2.28. The molecule has 132 valence electrons. The summed E-state index contributed by atoms with van der Waals surface area (Å²) in [7, 11) is 1.49. The number of rotatable bonds is 4.